The Labute approximate surface area is 150 Å². The van der Waals surface area contributed by atoms with Gasteiger partial charge in [0.25, 0.3) is 5.91 Å². The smallest absolute Gasteiger partial charge is 0.271 e. The van der Waals surface area contributed by atoms with E-state index in [9.17, 15) is 9.59 Å². The molecule has 3 aromatic rings. The van der Waals surface area contributed by atoms with Crippen molar-refractivity contribution in [3.05, 3.63) is 72.2 Å². The third-order valence-electron chi connectivity index (χ3n) is 3.84. The van der Waals surface area contributed by atoms with Crippen molar-refractivity contribution in [2.45, 2.75) is 19.9 Å². The average Bonchev–Trinajstić information content (AvgIpc) is 3.17. The Morgan fingerprint density at radius 2 is 1.85 bits per heavy atom. The van der Waals surface area contributed by atoms with Gasteiger partial charge in [-0.05, 0) is 35.9 Å². The molecule has 0 atom stereocenters. The summed E-state index contributed by atoms with van der Waals surface area (Å²) >= 11 is 0. The summed E-state index contributed by atoms with van der Waals surface area (Å²) in [5.41, 5.74) is 3.57. The Bertz CT molecular complexity index is 941. The van der Waals surface area contributed by atoms with E-state index in [0.29, 0.717) is 23.6 Å². The van der Waals surface area contributed by atoms with E-state index in [2.05, 4.69) is 15.8 Å². The zero-order valence-electron chi connectivity index (χ0n) is 14.4. The Morgan fingerprint density at radius 1 is 1.04 bits per heavy atom. The van der Waals surface area contributed by atoms with E-state index in [4.69, 9.17) is 4.42 Å². The number of nitrogens with zero attached hydrogens (tertiary/aromatic N) is 1. The van der Waals surface area contributed by atoms with Gasteiger partial charge in [-0.25, -0.2) is 5.43 Å². The van der Waals surface area contributed by atoms with Crippen molar-refractivity contribution in [3.8, 4) is 0 Å². The second-order valence-electron chi connectivity index (χ2n) is 5.85. The molecule has 26 heavy (non-hydrogen) atoms. The first-order chi connectivity index (χ1) is 12.6. The number of hydrogen-bond acceptors (Lipinski definition) is 4. The maximum Gasteiger partial charge on any atom is 0.271 e. The number of hydrazone groups is 1. The molecule has 0 bridgehead atoms. The van der Waals surface area contributed by atoms with Gasteiger partial charge in [-0.3, -0.25) is 9.59 Å². The lowest BCUT2D eigenvalue weighted by molar-refractivity contribution is -0.120. The summed E-state index contributed by atoms with van der Waals surface area (Å²) in [6, 6.07) is 16.7. The van der Waals surface area contributed by atoms with Crippen molar-refractivity contribution in [2.75, 3.05) is 0 Å². The Morgan fingerprint density at radius 3 is 2.65 bits per heavy atom. The minimum absolute atomic E-state index is 0.0938. The molecule has 0 aliphatic carbocycles. The molecule has 2 aromatic carbocycles. The summed E-state index contributed by atoms with van der Waals surface area (Å²) in [5.74, 6) is 0.177. The molecule has 132 valence electrons. The molecule has 0 spiro atoms. The van der Waals surface area contributed by atoms with E-state index < -0.39 is 0 Å². The molecule has 1 heterocycles. The number of fused-ring (bicyclic) bond motifs is 1. The minimum Gasteiger partial charge on any atom is -0.467 e. The van der Waals surface area contributed by atoms with Crippen LogP contribution in [0.3, 0.4) is 0 Å². The summed E-state index contributed by atoms with van der Waals surface area (Å²) in [4.78, 5) is 24.3. The Balaban J connectivity index is 1.57. The first-order valence-electron chi connectivity index (χ1n) is 8.24. The van der Waals surface area contributed by atoms with Crippen LogP contribution >= 0.6 is 0 Å². The fraction of sp³-hybridized carbons (Fsp3) is 0.150. The summed E-state index contributed by atoms with van der Waals surface area (Å²) in [5, 5.41) is 8.60. The average molecular weight is 349 g/mol. The van der Waals surface area contributed by atoms with Gasteiger partial charge < -0.3 is 9.73 Å². The highest BCUT2D eigenvalue weighted by atomic mass is 16.3. The molecule has 6 heteroatoms. The molecular formula is C20H19N3O3. The van der Waals surface area contributed by atoms with E-state index in [1.165, 1.54) is 0 Å². The lowest BCUT2D eigenvalue weighted by Crippen LogP contribution is -2.26. The van der Waals surface area contributed by atoms with Crippen LogP contribution in [0, 0.1) is 0 Å². The molecule has 2 N–H and O–H groups in total. The van der Waals surface area contributed by atoms with Crippen LogP contribution in [0.15, 0.2) is 70.4 Å². The summed E-state index contributed by atoms with van der Waals surface area (Å²) in [7, 11) is 0. The van der Waals surface area contributed by atoms with Crippen LogP contribution in [0.2, 0.25) is 0 Å². The van der Waals surface area contributed by atoms with E-state index >= 15 is 0 Å². The summed E-state index contributed by atoms with van der Waals surface area (Å²) in [6.45, 7) is 2.01. The van der Waals surface area contributed by atoms with Crippen LogP contribution in [0.1, 0.15) is 29.5 Å². The normalized spacial score (nSPS) is 11.3. The van der Waals surface area contributed by atoms with Gasteiger partial charge >= 0.3 is 0 Å². The van der Waals surface area contributed by atoms with Crippen LogP contribution < -0.4 is 10.7 Å². The van der Waals surface area contributed by atoms with Gasteiger partial charge in [0.2, 0.25) is 5.91 Å². The van der Waals surface area contributed by atoms with Crippen molar-refractivity contribution in [3.63, 3.8) is 0 Å². The lowest BCUT2D eigenvalue weighted by atomic mass is 10.0. The molecule has 0 saturated carbocycles. The van der Waals surface area contributed by atoms with E-state index in [0.717, 1.165) is 10.8 Å². The molecule has 0 aliphatic heterocycles. The number of amides is 2. The monoisotopic (exact) mass is 349 g/mol. The largest absolute Gasteiger partial charge is 0.467 e. The highest BCUT2D eigenvalue weighted by Gasteiger charge is 2.10. The number of rotatable bonds is 6. The predicted molar refractivity (Wildman–Crippen MR) is 99.7 cm³/mol. The van der Waals surface area contributed by atoms with Crippen LogP contribution in [0.5, 0.6) is 0 Å². The molecule has 0 aliphatic rings. The maximum absolute atomic E-state index is 12.4. The number of hydrogen-bond donors (Lipinski definition) is 2. The fourth-order valence-corrected chi connectivity index (χ4v) is 2.56. The third-order valence-corrected chi connectivity index (χ3v) is 3.84. The standard InChI is InChI=1S/C20H19N3O3/c1-14(12-19(24)21-13-16-8-5-11-26-16)22-23-20(25)18-10-4-7-15-6-2-3-9-17(15)18/h2-11H,12-13H2,1H3,(H,21,24)(H,23,25). The highest BCUT2D eigenvalue weighted by Crippen LogP contribution is 2.18. The van der Waals surface area contributed by atoms with Crippen LogP contribution in [0.4, 0.5) is 0 Å². The van der Waals surface area contributed by atoms with Crippen LogP contribution in [0.25, 0.3) is 10.8 Å². The van der Waals surface area contributed by atoms with E-state index in [1.807, 2.05) is 36.4 Å². The SMILES string of the molecule is CC(CC(=O)NCc1ccco1)=NNC(=O)c1cccc2ccccc12. The number of benzene rings is 2. The Hall–Kier alpha value is -3.41. The topological polar surface area (TPSA) is 83.7 Å². The van der Waals surface area contributed by atoms with Crippen LogP contribution in [-0.2, 0) is 11.3 Å². The summed E-state index contributed by atoms with van der Waals surface area (Å²) < 4.78 is 5.15. The first kappa shape index (κ1) is 17.4. The summed E-state index contributed by atoms with van der Waals surface area (Å²) in [6.07, 6.45) is 1.65. The Kier molecular flexibility index (Phi) is 5.43. The maximum atomic E-state index is 12.4. The number of carbonyl (C=O) groups is 2. The van der Waals surface area contributed by atoms with Crippen molar-refractivity contribution < 1.29 is 14.0 Å². The first-order valence-corrected chi connectivity index (χ1v) is 8.24. The van der Waals surface area contributed by atoms with Crippen molar-refractivity contribution >= 4 is 28.3 Å². The molecule has 0 radical (unpaired) electrons. The molecule has 0 unspecified atom stereocenters. The second kappa shape index (κ2) is 8.11. The molecule has 0 saturated heterocycles. The van der Waals surface area contributed by atoms with Gasteiger partial charge in [-0.2, -0.15) is 5.10 Å². The molecule has 0 fully saturated rings. The van der Waals surface area contributed by atoms with Gasteiger partial charge in [-0.1, -0.05) is 36.4 Å². The van der Waals surface area contributed by atoms with Gasteiger partial charge in [0.05, 0.1) is 19.2 Å². The predicted octanol–water partition coefficient (Wildman–Crippen LogP) is 3.25. The fourth-order valence-electron chi connectivity index (χ4n) is 2.56. The van der Waals surface area contributed by atoms with Gasteiger partial charge in [0.15, 0.2) is 0 Å². The molecule has 6 nitrogen and oxygen atoms in total. The molecule has 2 amide bonds. The van der Waals surface area contributed by atoms with Crippen molar-refractivity contribution in [1.82, 2.24) is 10.7 Å². The third kappa shape index (κ3) is 4.36. The van der Waals surface area contributed by atoms with Crippen molar-refractivity contribution in [2.24, 2.45) is 5.10 Å². The van der Waals surface area contributed by atoms with Crippen LogP contribution in [-0.4, -0.2) is 17.5 Å². The van der Waals surface area contributed by atoms with Crippen molar-refractivity contribution in [1.29, 1.82) is 0 Å². The number of furan rings is 1. The minimum atomic E-state index is -0.308. The molecular weight excluding hydrogens is 330 g/mol. The van der Waals surface area contributed by atoms with Gasteiger partial charge in [0, 0.05) is 11.3 Å². The zero-order valence-corrected chi connectivity index (χ0v) is 14.4. The lowest BCUT2D eigenvalue weighted by Gasteiger charge is -2.06. The van der Waals surface area contributed by atoms with Gasteiger partial charge in [0.1, 0.15) is 5.76 Å². The van der Waals surface area contributed by atoms with E-state index in [-0.39, 0.29) is 18.2 Å². The van der Waals surface area contributed by atoms with E-state index in [1.54, 1.807) is 31.4 Å². The molecule has 3 rings (SSSR count). The zero-order chi connectivity index (χ0) is 18.4. The van der Waals surface area contributed by atoms with Gasteiger partial charge in [-0.15, -0.1) is 0 Å². The number of nitrogens with one attached hydrogen (secondary N) is 2. The second-order valence-corrected chi connectivity index (χ2v) is 5.85. The quantitative estimate of drug-likeness (QED) is 0.529. The highest BCUT2D eigenvalue weighted by molar-refractivity contribution is 6.07. The number of carbonyl (C=O) groups excluding carboxylic acids is 2. The molecule has 1 aromatic heterocycles.